The van der Waals surface area contributed by atoms with Crippen LogP contribution < -0.4 is 15.0 Å². The van der Waals surface area contributed by atoms with Gasteiger partial charge in [-0.2, -0.15) is 0 Å². The molecule has 0 radical (unpaired) electrons. The van der Waals surface area contributed by atoms with E-state index in [1.165, 1.54) is 4.90 Å². The van der Waals surface area contributed by atoms with Crippen molar-refractivity contribution in [3.05, 3.63) is 94.1 Å². The lowest BCUT2D eigenvalue weighted by molar-refractivity contribution is -0.120. The second kappa shape index (κ2) is 9.51. The zero-order chi connectivity index (χ0) is 23.5. The average Bonchev–Trinajstić information content (AvgIpc) is 3.07. The fraction of sp³-hybridized carbons (Fsp3) is 0.185. The molecule has 168 valence electrons. The normalized spacial score (nSPS) is 13.6. The summed E-state index contributed by atoms with van der Waals surface area (Å²) in [6, 6.07) is 20.1. The van der Waals surface area contributed by atoms with Crippen molar-refractivity contribution < 1.29 is 14.3 Å². The molecule has 0 aromatic heterocycles. The molecule has 0 bridgehead atoms. The number of carbonyl (C=O) groups is 2. The minimum Gasteiger partial charge on any atom is -0.494 e. The van der Waals surface area contributed by atoms with Crippen molar-refractivity contribution >= 4 is 40.4 Å². The highest BCUT2D eigenvalue weighted by Crippen LogP contribution is 2.35. The Morgan fingerprint density at radius 3 is 2.24 bits per heavy atom. The van der Waals surface area contributed by atoms with Gasteiger partial charge in [0.2, 0.25) is 0 Å². The number of hydrogen-bond acceptors (Lipinski definition) is 4. The van der Waals surface area contributed by atoms with Crippen LogP contribution in [0.25, 0.3) is 5.57 Å². The van der Waals surface area contributed by atoms with Crippen molar-refractivity contribution in [2.45, 2.75) is 27.2 Å². The number of anilines is 2. The topological polar surface area (TPSA) is 58.6 Å². The van der Waals surface area contributed by atoms with Crippen molar-refractivity contribution in [3.8, 4) is 5.75 Å². The molecule has 0 atom stereocenters. The van der Waals surface area contributed by atoms with E-state index in [2.05, 4.69) is 12.2 Å². The van der Waals surface area contributed by atoms with E-state index >= 15 is 0 Å². The van der Waals surface area contributed by atoms with Gasteiger partial charge in [0.15, 0.2) is 0 Å². The SMILES string of the molecule is CCOc1ccc(C2=C(Nc3cccc(Cl)c3C)C(=O)N(c3ccc(CC)cc3)C2=O)cc1. The summed E-state index contributed by atoms with van der Waals surface area (Å²) in [5.41, 5.74) is 4.28. The predicted molar refractivity (Wildman–Crippen MR) is 133 cm³/mol. The van der Waals surface area contributed by atoms with E-state index < -0.39 is 5.91 Å². The van der Waals surface area contributed by atoms with Crippen LogP contribution in [0.1, 0.15) is 30.5 Å². The number of benzene rings is 3. The highest BCUT2D eigenvalue weighted by Gasteiger charge is 2.40. The van der Waals surface area contributed by atoms with Crippen LogP contribution in [0.4, 0.5) is 11.4 Å². The first-order valence-corrected chi connectivity index (χ1v) is 11.3. The van der Waals surface area contributed by atoms with Crippen LogP contribution in [0.15, 0.2) is 72.4 Å². The van der Waals surface area contributed by atoms with Gasteiger partial charge in [-0.3, -0.25) is 9.59 Å². The lowest BCUT2D eigenvalue weighted by atomic mass is 10.0. The van der Waals surface area contributed by atoms with Gasteiger partial charge in [0.25, 0.3) is 11.8 Å². The Hall–Kier alpha value is -3.57. The number of halogens is 1. The van der Waals surface area contributed by atoms with E-state index in [0.717, 1.165) is 17.5 Å². The van der Waals surface area contributed by atoms with Crippen LogP contribution >= 0.6 is 11.6 Å². The van der Waals surface area contributed by atoms with Crippen LogP contribution in [0.3, 0.4) is 0 Å². The minimum absolute atomic E-state index is 0.217. The third-order valence-electron chi connectivity index (χ3n) is 5.67. The van der Waals surface area contributed by atoms with Crippen LogP contribution in [0, 0.1) is 6.92 Å². The van der Waals surface area contributed by atoms with E-state index in [1.807, 2.05) is 32.0 Å². The maximum absolute atomic E-state index is 13.6. The van der Waals surface area contributed by atoms with Gasteiger partial charge in [-0.25, -0.2) is 4.90 Å². The molecule has 0 fully saturated rings. The molecule has 4 rings (SSSR count). The molecule has 0 saturated carbocycles. The molecule has 1 N–H and O–H groups in total. The summed E-state index contributed by atoms with van der Waals surface area (Å²) in [5, 5.41) is 3.77. The molecule has 5 nitrogen and oxygen atoms in total. The van der Waals surface area contributed by atoms with Crippen molar-refractivity contribution in [1.29, 1.82) is 0 Å². The van der Waals surface area contributed by atoms with Crippen LogP contribution in [0.5, 0.6) is 5.75 Å². The maximum atomic E-state index is 13.6. The first-order chi connectivity index (χ1) is 15.9. The second-order valence-corrected chi connectivity index (χ2v) is 8.12. The molecule has 3 aromatic rings. The third-order valence-corrected chi connectivity index (χ3v) is 6.08. The molecule has 6 heteroatoms. The number of nitrogens with one attached hydrogen (secondary N) is 1. The summed E-state index contributed by atoms with van der Waals surface area (Å²) in [6.07, 6.45) is 0.874. The summed E-state index contributed by atoms with van der Waals surface area (Å²) < 4.78 is 5.53. The first-order valence-electron chi connectivity index (χ1n) is 10.9. The largest absolute Gasteiger partial charge is 0.494 e. The summed E-state index contributed by atoms with van der Waals surface area (Å²) in [4.78, 5) is 28.4. The zero-order valence-electron chi connectivity index (χ0n) is 18.8. The van der Waals surface area contributed by atoms with Gasteiger partial charge in [-0.15, -0.1) is 0 Å². The number of aryl methyl sites for hydroxylation is 1. The molecule has 0 saturated heterocycles. The molecule has 2 amide bonds. The van der Waals surface area contributed by atoms with Crippen molar-refractivity contribution in [3.63, 3.8) is 0 Å². The maximum Gasteiger partial charge on any atom is 0.282 e. The lowest BCUT2D eigenvalue weighted by Crippen LogP contribution is -2.32. The highest BCUT2D eigenvalue weighted by atomic mass is 35.5. The molecular weight excluding hydrogens is 436 g/mol. The zero-order valence-corrected chi connectivity index (χ0v) is 19.6. The summed E-state index contributed by atoms with van der Waals surface area (Å²) in [6.45, 7) is 6.38. The van der Waals surface area contributed by atoms with E-state index in [0.29, 0.717) is 39.9 Å². The Morgan fingerprint density at radius 1 is 0.909 bits per heavy atom. The van der Waals surface area contributed by atoms with Gasteiger partial charge in [-0.05, 0) is 73.4 Å². The van der Waals surface area contributed by atoms with E-state index in [9.17, 15) is 9.59 Å². The Morgan fingerprint density at radius 2 is 1.61 bits per heavy atom. The third kappa shape index (κ3) is 4.37. The minimum atomic E-state index is -0.410. The molecule has 0 unspecified atom stereocenters. The predicted octanol–water partition coefficient (Wildman–Crippen LogP) is 6.01. The molecule has 1 aliphatic heterocycles. The van der Waals surface area contributed by atoms with Gasteiger partial charge in [0.05, 0.1) is 17.9 Å². The highest BCUT2D eigenvalue weighted by molar-refractivity contribution is 6.46. The van der Waals surface area contributed by atoms with Gasteiger partial charge in [0, 0.05) is 10.7 Å². The van der Waals surface area contributed by atoms with Crippen molar-refractivity contribution in [1.82, 2.24) is 0 Å². The smallest absolute Gasteiger partial charge is 0.282 e. The first kappa shape index (κ1) is 22.6. The summed E-state index contributed by atoms with van der Waals surface area (Å²) in [5.74, 6) is -0.0890. The Labute approximate surface area is 198 Å². The number of imide groups is 1. The van der Waals surface area contributed by atoms with Gasteiger partial charge < -0.3 is 10.1 Å². The van der Waals surface area contributed by atoms with Crippen LogP contribution in [-0.2, 0) is 16.0 Å². The monoisotopic (exact) mass is 460 g/mol. The van der Waals surface area contributed by atoms with E-state index in [4.69, 9.17) is 16.3 Å². The van der Waals surface area contributed by atoms with E-state index in [1.54, 1.807) is 48.5 Å². The fourth-order valence-electron chi connectivity index (χ4n) is 3.79. The molecule has 33 heavy (non-hydrogen) atoms. The molecule has 1 heterocycles. The number of carbonyl (C=O) groups excluding carboxylic acids is 2. The fourth-order valence-corrected chi connectivity index (χ4v) is 3.97. The quantitative estimate of drug-likeness (QED) is 0.439. The number of ether oxygens (including phenoxy) is 1. The number of amides is 2. The van der Waals surface area contributed by atoms with Gasteiger partial charge >= 0.3 is 0 Å². The molecule has 0 spiro atoms. The summed E-state index contributed by atoms with van der Waals surface area (Å²) in [7, 11) is 0. The number of nitrogens with zero attached hydrogens (tertiary/aromatic N) is 1. The molecule has 3 aromatic carbocycles. The summed E-state index contributed by atoms with van der Waals surface area (Å²) >= 11 is 6.29. The Bertz CT molecular complexity index is 1230. The molecule has 1 aliphatic rings. The molecule has 0 aliphatic carbocycles. The molecular formula is C27H25ClN2O3. The average molecular weight is 461 g/mol. The van der Waals surface area contributed by atoms with Crippen molar-refractivity contribution in [2.24, 2.45) is 0 Å². The number of rotatable bonds is 7. The Kier molecular flexibility index (Phi) is 6.52. The van der Waals surface area contributed by atoms with E-state index in [-0.39, 0.29) is 11.6 Å². The van der Waals surface area contributed by atoms with Crippen LogP contribution in [-0.4, -0.2) is 18.4 Å². The standard InChI is InChI=1S/C27H25ClN2O3/c1-4-18-9-13-20(14-10-18)30-26(31)24(19-11-15-21(16-12-19)33-5-2)25(27(30)32)29-23-8-6-7-22(28)17(23)3/h6-16,29H,4-5H2,1-3H3. The lowest BCUT2D eigenvalue weighted by Gasteiger charge is -2.16. The van der Waals surface area contributed by atoms with Gasteiger partial charge in [0.1, 0.15) is 11.4 Å². The second-order valence-electron chi connectivity index (χ2n) is 7.71. The van der Waals surface area contributed by atoms with Crippen molar-refractivity contribution in [2.75, 3.05) is 16.8 Å². The Balaban J connectivity index is 1.80. The van der Waals surface area contributed by atoms with Gasteiger partial charge in [-0.1, -0.05) is 48.9 Å². The van der Waals surface area contributed by atoms with Crippen LogP contribution in [0.2, 0.25) is 5.02 Å². The number of hydrogen-bond donors (Lipinski definition) is 1.